The highest BCUT2D eigenvalue weighted by Gasteiger charge is 2.13. The molecule has 0 aliphatic rings. The van der Waals surface area contributed by atoms with E-state index in [2.05, 4.69) is 10.4 Å². The van der Waals surface area contributed by atoms with Gasteiger partial charge in [-0.1, -0.05) is 18.2 Å². The molecule has 1 aromatic heterocycles. The Kier molecular flexibility index (Phi) is 6.52. The van der Waals surface area contributed by atoms with Crippen molar-refractivity contribution in [3.05, 3.63) is 72.1 Å². The molecule has 0 aliphatic heterocycles. The minimum Gasteiger partial charge on any atom is -0.496 e. The lowest BCUT2D eigenvalue weighted by atomic mass is 10.1. The molecule has 0 aliphatic carbocycles. The third-order valence-electron chi connectivity index (χ3n) is 4.31. The van der Waals surface area contributed by atoms with Crippen molar-refractivity contribution in [1.82, 2.24) is 15.1 Å². The second-order valence-electron chi connectivity index (χ2n) is 6.12. The molecule has 3 rings (SSSR count). The van der Waals surface area contributed by atoms with Crippen molar-refractivity contribution < 1.29 is 19.0 Å². The standard InChI is InChI=1S/C22H23N3O4/c1-27-18-11-20(28-2)19(21(12-18)29-3)14-23-22(26)10-9-16-13-24-25(15-16)17-7-5-4-6-8-17/h4-13,15H,14H2,1-3H3,(H,23,26)/b10-9+. The van der Waals surface area contributed by atoms with Crippen LogP contribution in [0.3, 0.4) is 0 Å². The number of hydrogen-bond donors (Lipinski definition) is 1. The molecular weight excluding hydrogens is 370 g/mol. The predicted molar refractivity (Wildman–Crippen MR) is 111 cm³/mol. The Balaban J connectivity index is 1.65. The molecule has 0 saturated carbocycles. The van der Waals surface area contributed by atoms with Crippen LogP contribution in [0.25, 0.3) is 11.8 Å². The number of aromatic nitrogens is 2. The number of methoxy groups -OCH3 is 3. The van der Waals surface area contributed by atoms with E-state index in [0.717, 1.165) is 16.8 Å². The Labute approximate surface area is 169 Å². The largest absolute Gasteiger partial charge is 0.496 e. The highest BCUT2D eigenvalue weighted by molar-refractivity contribution is 5.91. The van der Waals surface area contributed by atoms with Crippen LogP contribution in [0.1, 0.15) is 11.1 Å². The van der Waals surface area contributed by atoms with Crippen LogP contribution in [0.2, 0.25) is 0 Å². The molecule has 0 radical (unpaired) electrons. The predicted octanol–water partition coefficient (Wildman–Crippen LogP) is 3.23. The molecule has 1 N–H and O–H groups in total. The van der Waals surface area contributed by atoms with Crippen molar-refractivity contribution >= 4 is 12.0 Å². The molecule has 0 fully saturated rings. The maximum atomic E-state index is 12.3. The topological polar surface area (TPSA) is 74.6 Å². The zero-order valence-electron chi connectivity index (χ0n) is 16.6. The highest BCUT2D eigenvalue weighted by Crippen LogP contribution is 2.33. The monoisotopic (exact) mass is 393 g/mol. The number of carbonyl (C=O) groups excluding carboxylic acids is 1. The number of ether oxygens (including phenoxy) is 3. The van der Waals surface area contributed by atoms with Crippen LogP contribution < -0.4 is 19.5 Å². The summed E-state index contributed by atoms with van der Waals surface area (Å²) in [6.45, 7) is 0.253. The third-order valence-corrected chi connectivity index (χ3v) is 4.31. The summed E-state index contributed by atoms with van der Waals surface area (Å²) in [5, 5.41) is 7.15. The van der Waals surface area contributed by atoms with Crippen molar-refractivity contribution in [2.75, 3.05) is 21.3 Å². The van der Waals surface area contributed by atoms with E-state index in [1.807, 2.05) is 36.5 Å². The molecule has 0 unspecified atom stereocenters. The number of para-hydroxylation sites is 1. The first-order valence-electron chi connectivity index (χ1n) is 8.99. The number of benzene rings is 2. The van der Waals surface area contributed by atoms with Gasteiger partial charge in [-0.15, -0.1) is 0 Å². The molecule has 7 nitrogen and oxygen atoms in total. The summed E-state index contributed by atoms with van der Waals surface area (Å²) >= 11 is 0. The lowest BCUT2D eigenvalue weighted by Crippen LogP contribution is -2.21. The number of carbonyl (C=O) groups is 1. The number of hydrogen-bond acceptors (Lipinski definition) is 5. The molecule has 7 heteroatoms. The van der Waals surface area contributed by atoms with Crippen LogP contribution in [0.4, 0.5) is 0 Å². The van der Waals surface area contributed by atoms with Gasteiger partial charge in [0.05, 0.1) is 45.3 Å². The lowest BCUT2D eigenvalue weighted by Gasteiger charge is -2.15. The fourth-order valence-electron chi connectivity index (χ4n) is 2.80. The van der Waals surface area contributed by atoms with Crippen molar-refractivity contribution in [2.45, 2.75) is 6.54 Å². The molecule has 1 amide bonds. The smallest absolute Gasteiger partial charge is 0.244 e. The summed E-state index contributed by atoms with van der Waals surface area (Å²) in [6, 6.07) is 13.3. The maximum Gasteiger partial charge on any atom is 0.244 e. The van der Waals surface area contributed by atoms with E-state index in [1.165, 1.54) is 6.08 Å². The van der Waals surface area contributed by atoms with Gasteiger partial charge in [-0.25, -0.2) is 4.68 Å². The quantitative estimate of drug-likeness (QED) is 0.595. The zero-order chi connectivity index (χ0) is 20.6. The van der Waals surface area contributed by atoms with E-state index < -0.39 is 0 Å². The van der Waals surface area contributed by atoms with Crippen LogP contribution in [-0.4, -0.2) is 37.0 Å². The van der Waals surface area contributed by atoms with Crippen molar-refractivity contribution in [3.8, 4) is 22.9 Å². The van der Waals surface area contributed by atoms with Gasteiger partial charge >= 0.3 is 0 Å². The zero-order valence-corrected chi connectivity index (χ0v) is 16.6. The van der Waals surface area contributed by atoms with Gasteiger partial charge in [-0.3, -0.25) is 4.79 Å². The first kappa shape index (κ1) is 20.0. The minimum absolute atomic E-state index is 0.239. The van der Waals surface area contributed by atoms with E-state index in [9.17, 15) is 4.79 Å². The average molecular weight is 393 g/mol. The van der Waals surface area contributed by atoms with E-state index in [4.69, 9.17) is 14.2 Å². The second-order valence-corrected chi connectivity index (χ2v) is 6.12. The second kappa shape index (κ2) is 9.45. The Hall–Kier alpha value is -3.74. The summed E-state index contributed by atoms with van der Waals surface area (Å²) in [7, 11) is 4.69. The van der Waals surface area contributed by atoms with Crippen LogP contribution in [0.5, 0.6) is 17.2 Å². The SMILES string of the molecule is COc1cc(OC)c(CNC(=O)/C=C/c2cnn(-c3ccccc3)c2)c(OC)c1. The van der Waals surface area contributed by atoms with Gasteiger partial charge < -0.3 is 19.5 Å². The van der Waals surface area contributed by atoms with Gasteiger partial charge in [-0.05, 0) is 18.2 Å². The molecule has 0 spiro atoms. The molecule has 150 valence electrons. The molecule has 2 aromatic carbocycles. The van der Waals surface area contributed by atoms with E-state index in [0.29, 0.717) is 17.2 Å². The number of nitrogens with one attached hydrogen (secondary N) is 1. The molecule has 0 atom stereocenters. The number of nitrogens with zero attached hydrogens (tertiary/aromatic N) is 2. The van der Waals surface area contributed by atoms with Gasteiger partial charge in [0.2, 0.25) is 5.91 Å². The van der Waals surface area contributed by atoms with E-state index in [1.54, 1.807) is 50.4 Å². The van der Waals surface area contributed by atoms with Gasteiger partial charge in [0.25, 0.3) is 0 Å². The summed E-state index contributed by atoms with van der Waals surface area (Å²) in [4.78, 5) is 12.3. The summed E-state index contributed by atoms with van der Waals surface area (Å²) < 4.78 is 17.8. The average Bonchev–Trinajstić information content (AvgIpc) is 3.25. The fraction of sp³-hybridized carbons (Fsp3) is 0.182. The van der Waals surface area contributed by atoms with Crippen molar-refractivity contribution in [3.63, 3.8) is 0 Å². The Morgan fingerprint density at radius 1 is 1.07 bits per heavy atom. The normalized spacial score (nSPS) is 10.7. The fourth-order valence-corrected chi connectivity index (χ4v) is 2.80. The first-order valence-corrected chi connectivity index (χ1v) is 8.99. The summed E-state index contributed by atoms with van der Waals surface area (Å²) in [6.07, 6.45) is 6.74. The molecule has 3 aromatic rings. The van der Waals surface area contributed by atoms with Crippen LogP contribution in [0.15, 0.2) is 60.9 Å². The molecule has 0 saturated heterocycles. The van der Waals surface area contributed by atoms with Crippen molar-refractivity contribution in [1.29, 1.82) is 0 Å². The van der Waals surface area contributed by atoms with Crippen LogP contribution >= 0.6 is 0 Å². The highest BCUT2D eigenvalue weighted by atomic mass is 16.5. The lowest BCUT2D eigenvalue weighted by molar-refractivity contribution is -0.116. The van der Waals surface area contributed by atoms with Crippen LogP contribution in [0, 0.1) is 0 Å². The Bertz CT molecular complexity index is 971. The Morgan fingerprint density at radius 2 is 1.76 bits per heavy atom. The van der Waals surface area contributed by atoms with Gasteiger partial charge in [0, 0.05) is 30.0 Å². The van der Waals surface area contributed by atoms with Gasteiger partial charge in [0.1, 0.15) is 17.2 Å². The number of rotatable bonds is 8. The van der Waals surface area contributed by atoms with Gasteiger partial charge in [0.15, 0.2) is 0 Å². The molecule has 0 bridgehead atoms. The number of amides is 1. The van der Waals surface area contributed by atoms with E-state index >= 15 is 0 Å². The maximum absolute atomic E-state index is 12.3. The van der Waals surface area contributed by atoms with Gasteiger partial charge in [-0.2, -0.15) is 5.10 Å². The molecule has 29 heavy (non-hydrogen) atoms. The molecule has 1 heterocycles. The van der Waals surface area contributed by atoms with E-state index in [-0.39, 0.29) is 12.5 Å². The minimum atomic E-state index is -0.239. The molecular formula is C22H23N3O4. The summed E-state index contributed by atoms with van der Waals surface area (Å²) in [5.41, 5.74) is 2.51. The van der Waals surface area contributed by atoms with Crippen LogP contribution in [-0.2, 0) is 11.3 Å². The Morgan fingerprint density at radius 3 is 2.38 bits per heavy atom. The van der Waals surface area contributed by atoms with Crippen molar-refractivity contribution in [2.24, 2.45) is 0 Å². The summed E-state index contributed by atoms with van der Waals surface area (Å²) in [5.74, 6) is 1.53. The first-order chi connectivity index (χ1) is 14.1. The third kappa shape index (κ3) is 4.95.